The van der Waals surface area contributed by atoms with Gasteiger partial charge in [0.25, 0.3) is 5.91 Å². The molecule has 2 aliphatic heterocycles. The number of ketones is 1. The number of hydrogen-bond donors (Lipinski definition) is 5. The van der Waals surface area contributed by atoms with Gasteiger partial charge in [-0.05, 0) is 30.5 Å². The Bertz CT molecular complexity index is 1440. The number of likely N-dealkylation sites (tertiary alicyclic amines) is 1. The monoisotopic (exact) mass is 577 g/mol. The Labute approximate surface area is 229 Å². The van der Waals surface area contributed by atoms with Crippen LogP contribution in [-0.4, -0.2) is 72.0 Å². The van der Waals surface area contributed by atoms with Crippen LogP contribution < -0.4 is 27.2 Å². The van der Waals surface area contributed by atoms with E-state index in [4.69, 9.17) is 28.2 Å². The number of aromatic nitrogens is 2. The molecule has 14 nitrogen and oxygen atoms in total. The number of benzene rings is 1. The molecule has 0 atom stereocenters. The molecule has 208 valence electrons. The first-order valence-electron chi connectivity index (χ1n) is 12.0. The second-order valence-corrected chi connectivity index (χ2v) is 11.4. The van der Waals surface area contributed by atoms with E-state index in [0.29, 0.717) is 38.0 Å². The fourth-order valence-corrected chi connectivity index (χ4v) is 5.03. The van der Waals surface area contributed by atoms with Gasteiger partial charge in [0.05, 0.1) is 17.0 Å². The third-order valence-electron chi connectivity index (χ3n) is 6.62. The van der Waals surface area contributed by atoms with Crippen LogP contribution in [-0.2, 0) is 26.0 Å². The Balaban J connectivity index is 1.21. The topological polar surface area (TPSA) is 229 Å². The zero-order valence-electron chi connectivity index (χ0n) is 20.8. The molecule has 1 aromatic heterocycles. The molecule has 4 rings (SSSR count). The number of carbonyl (C=O) groups excluding carboxylic acids is 3. The van der Waals surface area contributed by atoms with E-state index < -0.39 is 21.5 Å². The number of nitrogens with one attached hydrogen (secondary N) is 2. The Morgan fingerprint density at radius 2 is 1.72 bits per heavy atom. The second-order valence-electron chi connectivity index (χ2n) is 9.44. The van der Waals surface area contributed by atoms with Gasteiger partial charge in [-0.2, -0.15) is 0 Å². The molecule has 2 aliphatic rings. The van der Waals surface area contributed by atoms with Gasteiger partial charge in [-0.1, -0.05) is 23.7 Å². The minimum atomic E-state index is -3.80. The van der Waals surface area contributed by atoms with E-state index >= 15 is 0 Å². The standard InChI is InChI=1S/C23H28ClN9O5S/c24-18-20(26)30-19(25)17(29-18)21(36)31-22-28-12-23(32-22)7-9-33(10-8-23)16(35)6-3-14(34)11-13-1-4-15(5-2-13)39(27,37)38/h1-2,4-5H,3,6-12H2,(H4,25,26,30)(H2,27,37,38)(H2,28,31,32,36). The van der Waals surface area contributed by atoms with Crippen molar-refractivity contribution in [2.24, 2.45) is 10.1 Å². The predicted octanol–water partition coefficient (Wildman–Crippen LogP) is -0.416. The summed E-state index contributed by atoms with van der Waals surface area (Å²) in [6.45, 7) is 1.35. The van der Waals surface area contributed by atoms with E-state index in [1.54, 1.807) is 4.90 Å². The Kier molecular flexibility index (Phi) is 8.04. The number of carbonyl (C=O) groups is 3. The normalized spacial score (nSPS) is 16.5. The van der Waals surface area contributed by atoms with Gasteiger partial charge in [0.2, 0.25) is 15.9 Å². The number of sulfonamides is 1. The van der Waals surface area contributed by atoms with Gasteiger partial charge in [-0.25, -0.2) is 23.5 Å². The molecule has 0 unspecified atom stereocenters. The van der Waals surface area contributed by atoms with Crippen molar-refractivity contribution in [3.8, 4) is 0 Å². The number of amides is 2. The van der Waals surface area contributed by atoms with Crippen LogP contribution >= 0.6 is 11.6 Å². The number of piperidine rings is 1. The van der Waals surface area contributed by atoms with Gasteiger partial charge in [-0.15, -0.1) is 0 Å². The van der Waals surface area contributed by atoms with Crippen LogP contribution in [0.5, 0.6) is 0 Å². The lowest BCUT2D eigenvalue weighted by atomic mass is 9.88. The van der Waals surface area contributed by atoms with E-state index in [-0.39, 0.29) is 64.3 Å². The number of anilines is 2. The van der Waals surface area contributed by atoms with Crippen molar-refractivity contribution < 1.29 is 22.8 Å². The molecular formula is C23H28ClN9O5S. The summed E-state index contributed by atoms with van der Waals surface area (Å²) >= 11 is 5.84. The average Bonchev–Trinajstić information content (AvgIpc) is 3.26. The summed E-state index contributed by atoms with van der Waals surface area (Å²) < 4.78 is 22.7. The van der Waals surface area contributed by atoms with Crippen molar-refractivity contribution in [3.63, 3.8) is 0 Å². The van der Waals surface area contributed by atoms with Crippen LogP contribution in [0.15, 0.2) is 34.2 Å². The number of nitrogen functional groups attached to an aromatic ring is 2. The number of rotatable bonds is 7. The third-order valence-corrected chi connectivity index (χ3v) is 7.83. The molecule has 0 saturated carbocycles. The summed E-state index contributed by atoms with van der Waals surface area (Å²) in [5.74, 6) is -0.861. The molecule has 16 heteroatoms. The number of nitrogens with zero attached hydrogens (tertiary/aromatic N) is 4. The van der Waals surface area contributed by atoms with Crippen molar-refractivity contribution in [3.05, 3.63) is 40.7 Å². The molecule has 39 heavy (non-hydrogen) atoms. The van der Waals surface area contributed by atoms with Crippen molar-refractivity contribution >= 4 is 56.8 Å². The maximum atomic E-state index is 12.7. The number of primary sulfonamides is 1. The van der Waals surface area contributed by atoms with Gasteiger partial charge < -0.3 is 21.7 Å². The van der Waals surface area contributed by atoms with Crippen LogP contribution in [0.1, 0.15) is 41.7 Å². The highest BCUT2D eigenvalue weighted by Crippen LogP contribution is 2.26. The summed E-state index contributed by atoms with van der Waals surface area (Å²) in [6, 6.07) is 5.76. The number of hydrogen-bond acceptors (Lipinski definition) is 11. The zero-order chi connectivity index (χ0) is 28.4. The van der Waals surface area contributed by atoms with Crippen molar-refractivity contribution in [1.82, 2.24) is 25.5 Å². The molecular weight excluding hydrogens is 550 g/mol. The van der Waals surface area contributed by atoms with Gasteiger partial charge in [0.1, 0.15) is 5.78 Å². The van der Waals surface area contributed by atoms with Gasteiger partial charge in [0, 0.05) is 32.4 Å². The first kappa shape index (κ1) is 28.2. The van der Waals surface area contributed by atoms with Crippen LogP contribution in [0.25, 0.3) is 0 Å². The highest BCUT2D eigenvalue weighted by Gasteiger charge is 2.40. The number of guanidine groups is 1. The Hall–Kier alpha value is -3.82. The lowest BCUT2D eigenvalue weighted by molar-refractivity contribution is -0.134. The first-order chi connectivity index (χ1) is 18.3. The largest absolute Gasteiger partial charge is 0.382 e. The fourth-order valence-electron chi connectivity index (χ4n) is 4.39. The third kappa shape index (κ3) is 6.79. The Morgan fingerprint density at radius 3 is 2.36 bits per heavy atom. The molecule has 8 N–H and O–H groups in total. The van der Waals surface area contributed by atoms with Crippen molar-refractivity contribution in [2.45, 2.75) is 42.5 Å². The minimum Gasteiger partial charge on any atom is -0.382 e. The van der Waals surface area contributed by atoms with Gasteiger partial charge in [0.15, 0.2) is 28.4 Å². The smallest absolute Gasteiger partial charge is 0.280 e. The van der Waals surface area contributed by atoms with E-state index in [2.05, 4.69) is 25.6 Å². The SMILES string of the molecule is Nc1nc(N)c(C(=O)NC2=NCC3(CCN(C(=O)CCC(=O)Cc4ccc(S(N)(=O)=O)cc4)CC3)N2)nc1Cl. The molecule has 1 spiro atoms. The molecule has 0 aliphatic carbocycles. The van der Waals surface area contributed by atoms with E-state index in [1.807, 2.05) is 0 Å². The van der Waals surface area contributed by atoms with Crippen molar-refractivity contribution in [1.29, 1.82) is 0 Å². The number of nitrogens with two attached hydrogens (primary N) is 3. The second kappa shape index (κ2) is 11.1. The van der Waals surface area contributed by atoms with E-state index in [0.717, 1.165) is 0 Å². The minimum absolute atomic E-state index is 0.0286. The summed E-state index contributed by atoms with van der Waals surface area (Å²) in [7, 11) is -3.80. The molecule has 1 fully saturated rings. The molecule has 2 amide bonds. The summed E-state index contributed by atoms with van der Waals surface area (Å²) in [5, 5.41) is 10.8. The molecule has 2 aromatic rings. The zero-order valence-corrected chi connectivity index (χ0v) is 22.4. The maximum Gasteiger partial charge on any atom is 0.280 e. The van der Waals surface area contributed by atoms with Gasteiger partial charge >= 0.3 is 0 Å². The molecule has 3 heterocycles. The number of halogens is 1. The highest BCUT2D eigenvalue weighted by molar-refractivity contribution is 7.89. The Morgan fingerprint density at radius 1 is 1.05 bits per heavy atom. The maximum absolute atomic E-state index is 12.7. The molecule has 1 aromatic carbocycles. The van der Waals surface area contributed by atoms with Crippen LogP contribution in [0.3, 0.4) is 0 Å². The van der Waals surface area contributed by atoms with Crippen molar-refractivity contribution in [2.75, 3.05) is 31.1 Å². The quantitative estimate of drug-likeness (QED) is 0.285. The summed E-state index contributed by atoms with van der Waals surface area (Å²) in [5.41, 5.74) is 11.3. The van der Waals surface area contributed by atoms with Crippen LogP contribution in [0.2, 0.25) is 5.15 Å². The molecule has 0 radical (unpaired) electrons. The fraction of sp³-hybridized carbons (Fsp3) is 0.391. The average molecular weight is 578 g/mol. The predicted molar refractivity (Wildman–Crippen MR) is 143 cm³/mol. The highest BCUT2D eigenvalue weighted by atomic mass is 35.5. The number of Topliss-reactive ketones (excluding diaryl/α,β-unsaturated/α-hetero) is 1. The molecule has 0 bridgehead atoms. The first-order valence-corrected chi connectivity index (χ1v) is 13.9. The number of aliphatic imine (C=N–C) groups is 1. The lowest BCUT2D eigenvalue weighted by Crippen LogP contribution is -2.57. The molecule has 1 saturated heterocycles. The summed E-state index contributed by atoms with van der Waals surface area (Å²) in [6.07, 6.45) is 1.45. The van der Waals surface area contributed by atoms with E-state index in [9.17, 15) is 22.8 Å². The van der Waals surface area contributed by atoms with Crippen LogP contribution in [0.4, 0.5) is 11.6 Å². The lowest BCUT2D eigenvalue weighted by Gasteiger charge is -2.39. The van der Waals surface area contributed by atoms with E-state index in [1.165, 1.54) is 24.3 Å². The summed E-state index contributed by atoms with van der Waals surface area (Å²) in [4.78, 5) is 51.4. The van der Waals surface area contributed by atoms with Gasteiger partial charge in [-0.3, -0.25) is 24.7 Å². The van der Waals surface area contributed by atoms with Crippen LogP contribution in [0, 0.1) is 0 Å².